The van der Waals surface area contributed by atoms with Crippen molar-refractivity contribution in [1.82, 2.24) is 9.21 Å². The second kappa shape index (κ2) is 9.49. The highest BCUT2D eigenvalue weighted by Crippen LogP contribution is 2.27. The van der Waals surface area contributed by atoms with E-state index >= 15 is 0 Å². The highest BCUT2D eigenvalue weighted by molar-refractivity contribution is 7.89. The molecule has 1 N–H and O–H groups in total. The lowest BCUT2D eigenvalue weighted by atomic mass is 10.1. The summed E-state index contributed by atoms with van der Waals surface area (Å²) >= 11 is 0. The second-order valence-corrected chi connectivity index (χ2v) is 9.24. The van der Waals surface area contributed by atoms with E-state index < -0.39 is 10.0 Å². The van der Waals surface area contributed by atoms with Crippen molar-refractivity contribution < 1.29 is 23.1 Å². The summed E-state index contributed by atoms with van der Waals surface area (Å²) in [6, 6.07) is 12.2. The van der Waals surface area contributed by atoms with Crippen molar-refractivity contribution >= 4 is 15.9 Å². The minimum atomic E-state index is -3.79. The molecule has 1 aliphatic rings. The molecule has 0 radical (unpaired) electrons. The maximum atomic E-state index is 12.9. The fourth-order valence-corrected chi connectivity index (χ4v) is 5.06. The molecule has 0 saturated carbocycles. The number of carbonyl (C=O) groups excluding carboxylic acids is 1. The first-order chi connectivity index (χ1) is 14.3. The van der Waals surface area contributed by atoms with Crippen LogP contribution in [0.5, 0.6) is 11.5 Å². The third-order valence-corrected chi connectivity index (χ3v) is 7.11. The number of benzene rings is 2. The number of hydrogen-bond acceptors (Lipinski definition) is 5. The predicted octanol–water partition coefficient (Wildman–Crippen LogP) is 2.57. The van der Waals surface area contributed by atoms with Gasteiger partial charge in [0.25, 0.3) is 0 Å². The molecule has 0 atom stereocenters. The summed E-state index contributed by atoms with van der Waals surface area (Å²) in [5.74, 6) is 0.568. The fraction of sp³-hybridized carbons (Fsp3) is 0.409. The Bertz CT molecular complexity index is 981. The van der Waals surface area contributed by atoms with Gasteiger partial charge in [0.05, 0.1) is 6.61 Å². The monoisotopic (exact) mass is 432 g/mol. The Morgan fingerprint density at radius 1 is 1.07 bits per heavy atom. The fourth-order valence-electron chi connectivity index (χ4n) is 3.47. The van der Waals surface area contributed by atoms with E-state index in [1.165, 1.54) is 16.4 Å². The molecule has 1 aliphatic heterocycles. The number of aromatic hydroxyl groups is 1. The number of piperazine rings is 1. The average Bonchev–Trinajstić information content (AvgIpc) is 2.75. The Balaban J connectivity index is 1.54. The molecule has 0 spiro atoms. The van der Waals surface area contributed by atoms with Gasteiger partial charge < -0.3 is 14.7 Å². The van der Waals surface area contributed by atoms with Crippen molar-refractivity contribution in [1.29, 1.82) is 0 Å². The minimum Gasteiger partial charge on any atom is -0.507 e. The van der Waals surface area contributed by atoms with Gasteiger partial charge >= 0.3 is 0 Å². The summed E-state index contributed by atoms with van der Waals surface area (Å²) in [5.41, 5.74) is 1.82. The first-order valence-electron chi connectivity index (χ1n) is 10.1. The molecule has 1 heterocycles. The van der Waals surface area contributed by atoms with E-state index in [2.05, 4.69) is 0 Å². The molecular formula is C22H28N2O5S. The second-order valence-electron chi connectivity index (χ2n) is 7.33. The molecule has 162 valence electrons. The lowest BCUT2D eigenvalue weighted by Crippen LogP contribution is -2.50. The third kappa shape index (κ3) is 5.12. The number of carbonyl (C=O) groups is 1. The molecule has 8 heteroatoms. The summed E-state index contributed by atoms with van der Waals surface area (Å²) in [6.45, 7) is 5.43. The maximum Gasteiger partial charge on any atom is 0.246 e. The first kappa shape index (κ1) is 22.1. The van der Waals surface area contributed by atoms with Gasteiger partial charge in [-0.15, -0.1) is 0 Å². The molecule has 1 saturated heterocycles. The van der Waals surface area contributed by atoms with Crippen molar-refractivity contribution in [2.24, 2.45) is 0 Å². The van der Waals surface area contributed by atoms with Crippen LogP contribution in [0.15, 0.2) is 47.4 Å². The standard InChI is InChI=1S/C22H28N2O5S/c1-3-29-19-8-5-18(6-9-19)7-11-22(26)23-12-14-24(15-13-23)30(27,28)21-16-17(2)4-10-20(21)25/h4-6,8-10,16,25H,3,7,11-15H2,1-2H3. The van der Waals surface area contributed by atoms with Crippen LogP contribution >= 0.6 is 0 Å². The van der Waals surface area contributed by atoms with E-state index in [4.69, 9.17) is 4.74 Å². The van der Waals surface area contributed by atoms with E-state index in [1.807, 2.05) is 31.2 Å². The zero-order valence-corrected chi connectivity index (χ0v) is 18.2. The normalized spacial score (nSPS) is 15.2. The van der Waals surface area contributed by atoms with Gasteiger partial charge in [0.1, 0.15) is 16.4 Å². The molecular weight excluding hydrogens is 404 g/mol. The van der Waals surface area contributed by atoms with Gasteiger partial charge in [-0.25, -0.2) is 8.42 Å². The number of hydrogen-bond donors (Lipinski definition) is 1. The smallest absolute Gasteiger partial charge is 0.246 e. The van der Waals surface area contributed by atoms with Gasteiger partial charge in [0.2, 0.25) is 15.9 Å². The molecule has 0 aliphatic carbocycles. The summed E-state index contributed by atoms with van der Waals surface area (Å²) in [6.07, 6.45) is 1.00. The Labute approximate surface area is 177 Å². The van der Waals surface area contributed by atoms with E-state index in [0.29, 0.717) is 32.5 Å². The summed E-state index contributed by atoms with van der Waals surface area (Å²) in [5, 5.41) is 9.99. The highest BCUT2D eigenvalue weighted by Gasteiger charge is 2.31. The summed E-state index contributed by atoms with van der Waals surface area (Å²) in [4.78, 5) is 14.2. The Morgan fingerprint density at radius 3 is 2.37 bits per heavy atom. The SMILES string of the molecule is CCOc1ccc(CCC(=O)N2CCN(S(=O)(=O)c3cc(C)ccc3O)CC2)cc1. The van der Waals surface area contributed by atoms with E-state index in [1.54, 1.807) is 17.9 Å². The van der Waals surface area contributed by atoms with Crippen LogP contribution in [0.2, 0.25) is 0 Å². The highest BCUT2D eigenvalue weighted by atomic mass is 32.2. The van der Waals surface area contributed by atoms with Crippen molar-refractivity contribution in [3.63, 3.8) is 0 Å². The van der Waals surface area contributed by atoms with Gasteiger partial charge in [-0.2, -0.15) is 4.31 Å². The molecule has 0 bridgehead atoms. The zero-order chi connectivity index (χ0) is 21.7. The van der Waals surface area contributed by atoms with E-state index in [0.717, 1.165) is 16.9 Å². The number of phenolic OH excluding ortho intramolecular Hbond substituents is 1. The topological polar surface area (TPSA) is 87.2 Å². The molecule has 1 fully saturated rings. The van der Waals surface area contributed by atoms with E-state index in [-0.39, 0.29) is 29.6 Å². The van der Waals surface area contributed by atoms with Crippen LogP contribution in [-0.4, -0.2) is 61.4 Å². The quantitative estimate of drug-likeness (QED) is 0.727. The number of rotatable bonds is 7. The molecule has 7 nitrogen and oxygen atoms in total. The maximum absolute atomic E-state index is 12.9. The Morgan fingerprint density at radius 2 is 1.73 bits per heavy atom. The van der Waals surface area contributed by atoms with Crippen molar-refractivity contribution in [2.45, 2.75) is 31.6 Å². The first-order valence-corrected chi connectivity index (χ1v) is 11.5. The van der Waals surface area contributed by atoms with Crippen LogP contribution in [0.1, 0.15) is 24.5 Å². The number of nitrogens with zero attached hydrogens (tertiary/aromatic N) is 2. The largest absolute Gasteiger partial charge is 0.507 e. The minimum absolute atomic E-state index is 0.0133. The van der Waals surface area contributed by atoms with Crippen molar-refractivity contribution in [3.8, 4) is 11.5 Å². The molecule has 30 heavy (non-hydrogen) atoms. The zero-order valence-electron chi connectivity index (χ0n) is 17.4. The van der Waals surface area contributed by atoms with Crippen molar-refractivity contribution in [2.75, 3.05) is 32.8 Å². The van der Waals surface area contributed by atoms with Crippen LogP contribution in [0, 0.1) is 6.92 Å². The molecule has 2 aromatic carbocycles. The number of aryl methyl sites for hydroxylation is 2. The molecule has 3 rings (SSSR count). The number of ether oxygens (including phenoxy) is 1. The number of amides is 1. The summed E-state index contributed by atoms with van der Waals surface area (Å²) < 4.78 is 32.5. The molecule has 0 unspecified atom stereocenters. The summed E-state index contributed by atoms with van der Waals surface area (Å²) in [7, 11) is -3.79. The average molecular weight is 433 g/mol. The molecule has 1 amide bonds. The van der Waals surface area contributed by atoms with Crippen LogP contribution < -0.4 is 4.74 Å². The number of phenols is 1. The lowest BCUT2D eigenvalue weighted by Gasteiger charge is -2.34. The Hall–Kier alpha value is -2.58. The van der Waals surface area contributed by atoms with Gasteiger partial charge in [-0.05, 0) is 55.7 Å². The van der Waals surface area contributed by atoms with Gasteiger partial charge in [-0.1, -0.05) is 18.2 Å². The van der Waals surface area contributed by atoms with Gasteiger partial charge in [0.15, 0.2) is 0 Å². The van der Waals surface area contributed by atoms with Crippen LogP contribution in [0.25, 0.3) is 0 Å². The van der Waals surface area contributed by atoms with Crippen molar-refractivity contribution in [3.05, 3.63) is 53.6 Å². The van der Waals surface area contributed by atoms with Crippen LogP contribution in [0.3, 0.4) is 0 Å². The molecule has 0 aromatic heterocycles. The lowest BCUT2D eigenvalue weighted by molar-refractivity contribution is -0.132. The third-order valence-electron chi connectivity index (χ3n) is 5.19. The Kier molecular flexibility index (Phi) is 6.99. The van der Waals surface area contributed by atoms with Gasteiger partial charge in [0, 0.05) is 32.6 Å². The molecule has 2 aromatic rings. The van der Waals surface area contributed by atoms with Crippen LogP contribution in [0.4, 0.5) is 0 Å². The van der Waals surface area contributed by atoms with Crippen LogP contribution in [-0.2, 0) is 21.2 Å². The van der Waals surface area contributed by atoms with E-state index in [9.17, 15) is 18.3 Å². The van der Waals surface area contributed by atoms with Gasteiger partial charge in [-0.3, -0.25) is 4.79 Å². The predicted molar refractivity (Wildman–Crippen MR) is 114 cm³/mol. The number of sulfonamides is 1.